The van der Waals surface area contributed by atoms with Gasteiger partial charge < -0.3 is 5.32 Å². The Bertz CT molecular complexity index is 453. The molecule has 0 aromatic carbocycles. The molecular formula is C13H15ClN2. The average Bonchev–Trinajstić information content (AvgIpc) is 2.24. The number of allylic oxidation sites excluding steroid dienone is 1. The summed E-state index contributed by atoms with van der Waals surface area (Å²) in [5.41, 5.74) is 3.71. The number of pyridine rings is 1. The lowest BCUT2D eigenvalue weighted by Crippen LogP contribution is -2.53. The number of aryl methyl sites for hydroxylation is 1. The molecule has 16 heavy (non-hydrogen) atoms. The van der Waals surface area contributed by atoms with Crippen LogP contribution in [0.4, 0.5) is 0 Å². The lowest BCUT2D eigenvalue weighted by Gasteiger charge is -2.41. The Kier molecular flexibility index (Phi) is 2.49. The molecule has 84 valence electrons. The fraction of sp³-hybridized carbons (Fsp3) is 0.462. The highest BCUT2D eigenvalue weighted by atomic mass is 35.5. The van der Waals surface area contributed by atoms with Gasteiger partial charge in [0.1, 0.15) is 5.15 Å². The molecule has 1 aliphatic carbocycles. The summed E-state index contributed by atoms with van der Waals surface area (Å²) in [6.07, 6.45) is 6.59. The topological polar surface area (TPSA) is 24.9 Å². The normalized spacial score (nSPS) is 28.0. The maximum Gasteiger partial charge on any atom is 0.131 e. The van der Waals surface area contributed by atoms with Crippen molar-refractivity contribution >= 4 is 17.2 Å². The summed E-state index contributed by atoms with van der Waals surface area (Å²) < 4.78 is 0. The molecule has 3 heteroatoms. The van der Waals surface area contributed by atoms with E-state index in [1.807, 2.05) is 13.1 Å². The molecule has 1 N–H and O–H groups in total. The number of nitrogens with zero attached hydrogens (tertiary/aromatic N) is 1. The molecule has 2 heterocycles. The molecule has 1 aromatic heterocycles. The zero-order valence-corrected chi connectivity index (χ0v) is 10.1. The molecule has 1 fully saturated rings. The molecular weight excluding hydrogens is 220 g/mol. The van der Waals surface area contributed by atoms with Gasteiger partial charge in [0.15, 0.2) is 0 Å². The molecule has 2 unspecified atom stereocenters. The zero-order chi connectivity index (χ0) is 11.1. The molecule has 3 rings (SSSR count). The number of halogens is 1. The summed E-state index contributed by atoms with van der Waals surface area (Å²) in [4.78, 5) is 4.22. The highest BCUT2D eigenvalue weighted by Crippen LogP contribution is 2.34. The molecule has 1 saturated heterocycles. The Morgan fingerprint density at radius 3 is 3.00 bits per heavy atom. The summed E-state index contributed by atoms with van der Waals surface area (Å²) in [6, 6.07) is 2.83. The number of aromatic nitrogens is 1. The second-order valence-corrected chi connectivity index (χ2v) is 5.13. The fourth-order valence-electron chi connectivity index (χ4n) is 2.52. The van der Waals surface area contributed by atoms with Gasteiger partial charge in [-0.3, -0.25) is 0 Å². The zero-order valence-electron chi connectivity index (χ0n) is 9.33. The highest BCUT2D eigenvalue weighted by Gasteiger charge is 2.32. The van der Waals surface area contributed by atoms with Gasteiger partial charge in [-0.1, -0.05) is 17.7 Å². The van der Waals surface area contributed by atoms with Crippen LogP contribution in [-0.2, 0) is 0 Å². The van der Waals surface area contributed by atoms with Crippen LogP contribution in [0.5, 0.6) is 0 Å². The van der Waals surface area contributed by atoms with Gasteiger partial charge in [0.25, 0.3) is 0 Å². The summed E-state index contributed by atoms with van der Waals surface area (Å²) >= 11 is 5.94. The van der Waals surface area contributed by atoms with Gasteiger partial charge in [-0.25, -0.2) is 4.98 Å². The Balaban J connectivity index is 1.89. The lowest BCUT2D eigenvalue weighted by atomic mass is 9.78. The number of nitrogens with one attached hydrogen (secondary N) is 1. The maximum absolute atomic E-state index is 5.94. The first-order valence-corrected chi connectivity index (χ1v) is 6.17. The highest BCUT2D eigenvalue weighted by molar-refractivity contribution is 6.30. The SMILES string of the molecule is Cc1cc(C2=CCC3CNC3C2)cnc1Cl. The molecule has 0 radical (unpaired) electrons. The van der Waals surface area contributed by atoms with Crippen molar-refractivity contribution in [3.05, 3.63) is 34.6 Å². The van der Waals surface area contributed by atoms with Gasteiger partial charge in [0, 0.05) is 18.8 Å². The van der Waals surface area contributed by atoms with Crippen LogP contribution in [0.25, 0.3) is 5.57 Å². The van der Waals surface area contributed by atoms with Gasteiger partial charge in [-0.15, -0.1) is 0 Å². The molecule has 0 spiro atoms. The van der Waals surface area contributed by atoms with Crippen LogP contribution in [-0.4, -0.2) is 17.6 Å². The van der Waals surface area contributed by atoms with Gasteiger partial charge in [-0.05, 0) is 48.4 Å². The second-order valence-electron chi connectivity index (χ2n) is 4.78. The van der Waals surface area contributed by atoms with E-state index < -0.39 is 0 Å². The minimum atomic E-state index is 0.611. The van der Waals surface area contributed by atoms with Crippen molar-refractivity contribution in [1.82, 2.24) is 10.3 Å². The monoisotopic (exact) mass is 234 g/mol. The predicted molar refractivity (Wildman–Crippen MR) is 66.5 cm³/mol. The first-order chi connectivity index (χ1) is 7.74. The van der Waals surface area contributed by atoms with E-state index in [1.165, 1.54) is 24.1 Å². The minimum Gasteiger partial charge on any atom is -0.313 e. The van der Waals surface area contributed by atoms with Crippen LogP contribution >= 0.6 is 11.6 Å². The second kappa shape index (κ2) is 3.86. The van der Waals surface area contributed by atoms with E-state index in [0.29, 0.717) is 11.2 Å². The first kappa shape index (κ1) is 10.3. The predicted octanol–water partition coefficient (Wildman–Crippen LogP) is 2.81. The van der Waals surface area contributed by atoms with E-state index >= 15 is 0 Å². The largest absolute Gasteiger partial charge is 0.313 e. The molecule has 2 atom stereocenters. The van der Waals surface area contributed by atoms with Crippen LogP contribution in [0.3, 0.4) is 0 Å². The molecule has 1 aromatic rings. The van der Waals surface area contributed by atoms with Crippen molar-refractivity contribution < 1.29 is 0 Å². The van der Waals surface area contributed by atoms with E-state index in [4.69, 9.17) is 11.6 Å². The van der Waals surface area contributed by atoms with E-state index in [1.54, 1.807) is 0 Å². The van der Waals surface area contributed by atoms with Gasteiger partial charge in [0.2, 0.25) is 0 Å². The van der Waals surface area contributed by atoms with Gasteiger partial charge in [0.05, 0.1) is 0 Å². The summed E-state index contributed by atoms with van der Waals surface area (Å²) in [5.74, 6) is 0.866. The fourth-order valence-corrected chi connectivity index (χ4v) is 2.62. The number of fused-ring (bicyclic) bond motifs is 1. The minimum absolute atomic E-state index is 0.611. The molecule has 0 bridgehead atoms. The van der Waals surface area contributed by atoms with E-state index in [-0.39, 0.29) is 0 Å². The third kappa shape index (κ3) is 1.66. The average molecular weight is 235 g/mol. The lowest BCUT2D eigenvalue weighted by molar-refractivity contribution is 0.231. The van der Waals surface area contributed by atoms with Crippen LogP contribution < -0.4 is 5.32 Å². The van der Waals surface area contributed by atoms with E-state index in [2.05, 4.69) is 22.4 Å². The Morgan fingerprint density at radius 1 is 1.50 bits per heavy atom. The van der Waals surface area contributed by atoms with Crippen molar-refractivity contribution in [3.8, 4) is 0 Å². The standard InChI is InChI=1S/C13H15ClN2/c1-8-4-11(7-16-13(8)14)9-2-3-10-6-15-12(10)5-9/h2,4,7,10,12,15H,3,5-6H2,1H3. The number of hydrogen-bond donors (Lipinski definition) is 1. The van der Waals surface area contributed by atoms with E-state index in [9.17, 15) is 0 Å². The maximum atomic E-state index is 5.94. The molecule has 2 nitrogen and oxygen atoms in total. The number of hydrogen-bond acceptors (Lipinski definition) is 2. The smallest absolute Gasteiger partial charge is 0.131 e. The van der Waals surface area contributed by atoms with Crippen LogP contribution in [0.1, 0.15) is 24.0 Å². The van der Waals surface area contributed by atoms with Crippen LogP contribution in [0.2, 0.25) is 5.15 Å². The molecule has 0 saturated carbocycles. The van der Waals surface area contributed by atoms with Gasteiger partial charge >= 0.3 is 0 Å². The van der Waals surface area contributed by atoms with Crippen LogP contribution in [0.15, 0.2) is 18.3 Å². The third-order valence-electron chi connectivity index (χ3n) is 3.70. The van der Waals surface area contributed by atoms with Crippen molar-refractivity contribution in [2.75, 3.05) is 6.54 Å². The molecule has 2 aliphatic rings. The quantitative estimate of drug-likeness (QED) is 0.756. The Labute approximate surface area is 101 Å². The summed E-state index contributed by atoms with van der Waals surface area (Å²) in [6.45, 7) is 3.19. The van der Waals surface area contributed by atoms with Gasteiger partial charge in [-0.2, -0.15) is 0 Å². The Hall–Kier alpha value is -0.860. The molecule has 1 aliphatic heterocycles. The Morgan fingerprint density at radius 2 is 2.38 bits per heavy atom. The van der Waals surface area contributed by atoms with E-state index in [0.717, 1.165) is 17.9 Å². The first-order valence-electron chi connectivity index (χ1n) is 5.79. The van der Waals surface area contributed by atoms with Crippen molar-refractivity contribution in [1.29, 1.82) is 0 Å². The van der Waals surface area contributed by atoms with Crippen LogP contribution in [0, 0.1) is 12.8 Å². The summed E-state index contributed by atoms with van der Waals surface area (Å²) in [7, 11) is 0. The summed E-state index contributed by atoms with van der Waals surface area (Å²) in [5, 5.41) is 4.10. The number of rotatable bonds is 1. The van der Waals surface area contributed by atoms with Crippen molar-refractivity contribution in [2.45, 2.75) is 25.8 Å². The third-order valence-corrected chi connectivity index (χ3v) is 4.10. The van der Waals surface area contributed by atoms with Crippen molar-refractivity contribution in [3.63, 3.8) is 0 Å². The van der Waals surface area contributed by atoms with Crippen molar-refractivity contribution in [2.24, 2.45) is 5.92 Å². The molecule has 0 amide bonds.